The second-order valence-corrected chi connectivity index (χ2v) is 4.00. The lowest BCUT2D eigenvalue weighted by Crippen LogP contribution is -2.15. The topological polar surface area (TPSA) is 25.2 Å². The van der Waals surface area contributed by atoms with E-state index in [0.29, 0.717) is 0 Å². The molecule has 1 aliphatic carbocycles. The normalized spacial score (nSPS) is 18.3. The minimum Gasteiger partial charge on any atom is -0.392 e. The smallest absolute Gasteiger partial charge is 0.0690 e. The highest BCUT2D eigenvalue weighted by atomic mass is 16.3. The van der Waals surface area contributed by atoms with E-state index in [9.17, 15) is 5.11 Å². The molecular weight excluding hydrogens is 162 g/mol. The lowest BCUT2D eigenvalue weighted by atomic mass is 9.98. The first-order chi connectivity index (χ1) is 6.27. The van der Waals surface area contributed by atoms with E-state index in [-0.39, 0.29) is 6.10 Å². The highest BCUT2D eigenvalue weighted by molar-refractivity contribution is 5.24. The fourth-order valence-electron chi connectivity index (χ4n) is 2.15. The van der Waals surface area contributed by atoms with Crippen molar-refractivity contribution < 1.29 is 5.11 Å². The molecule has 1 aromatic rings. The van der Waals surface area contributed by atoms with Crippen LogP contribution in [0.2, 0.25) is 0 Å². The third kappa shape index (κ3) is 1.78. The summed E-state index contributed by atoms with van der Waals surface area (Å²) in [5.74, 6) is 0. The summed E-state index contributed by atoms with van der Waals surface area (Å²) in [7, 11) is 0. The Hall–Kier alpha value is -0.760. The Bertz CT molecular complexity index is 288. The van der Waals surface area contributed by atoms with Crippen molar-refractivity contribution in [2.75, 3.05) is 0 Å². The highest BCUT2D eigenvalue weighted by Gasteiger charge is 2.13. The zero-order valence-electron chi connectivity index (χ0n) is 8.16. The molecule has 1 aromatic heterocycles. The summed E-state index contributed by atoms with van der Waals surface area (Å²) in [6.45, 7) is 2.59. The molecule has 0 saturated heterocycles. The van der Waals surface area contributed by atoms with Crippen LogP contribution in [-0.4, -0.2) is 15.8 Å². The highest BCUT2D eigenvalue weighted by Crippen LogP contribution is 2.22. The molecule has 0 spiro atoms. The molecule has 72 valence electrons. The first-order valence-electron chi connectivity index (χ1n) is 5.12. The number of aryl methyl sites for hydroxylation is 1. The van der Waals surface area contributed by atoms with Gasteiger partial charge in [0.2, 0.25) is 0 Å². The molecule has 0 amide bonds. The average Bonchev–Trinajstić information content (AvgIpc) is 2.48. The number of aliphatic hydroxyl groups excluding tert-OH is 1. The van der Waals surface area contributed by atoms with E-state index >= 15 is 0 Å². The number of hydrogen-bond acceptors (Lipinski definition) is 1. The first-order valence-corrected chi connectivity index (χ1v) is 5.12. The Kier molecular flexibility index (Phi) is 2.40. The summed E-state index contributed by atoms with van der Waals surface area (Å²) >= 11 is 0. The van der Waals surface area contributed by atoms with Crippen LogP contribution in [0.4, 0.5) is 0 Å². The molecule has 0 aromatic carbocycles. The van der Waals surface area contributed by atoms with Crippen LogP contribution in [0.5, 0.6) is 0 Å². The van der Waals surface area contributed by atoms with Crippen LogP contribution in [0.25, 0.3) is 0 Å². The summed E-state index contributed by atoms with van der Waals surface area (Å²) in [5.41, 5.74) is 2.94. The van der Waals surface area contributed by atoms with Gasteiger partial charge in [-0.05, 0) is 44.2 Å². The van der Waals surface area contributed by atoms with Crippen molar-refractivity contribution in [3.63, 3.8) is 0 Å². The van der Waals surface area contributed by atoms with Gasteiger partial charge >= 0.3 is 0 Å². The van der Waals surface area contributed by atoms with Gasteiger partial charge in [0.05, 0.1) is 6.10 Å². The van der Waals surface area contributed by atoms with E-state index in [0.717, 1.165) is 6.54 Å². The van der Waals surface area contributed by atoms with Gasteiger partial charge in [-0.15, -0.1) is 0 Å². The molecule has 1 aliphatic rings. The maximum Gasteiger partial charge on any atom is 0.0690 e. The van der Waals surface area contributed by atoms with Gasteiger partial charge < -0.3 is 9.67 Å². The Balaban J connectivity index is 2.21. The molecule has 2 rings (SSSR count). The van der Waals surface area contributed by atoms with Crippen molar-refractivity contribution >= 4 is 0 Å². The predicted molar refractivity (Wildman–Crippen MR) is 52.8 cm³/mol. The molecule has 1 heterocycles. The van der Waals surface area contributed by atoms with Crippen molar-refractivity contribution in [3.05, 3.63) is 23.5 Å². The van der Waals surface area contributed by atoms with Crippen LogP contribution >= 0.6 is 0 Å². The second-order valence-electron chi connectivity index (χ2n) is 4.00. The van der Waals surface area contributed by atoms with Crippen LogP contribution in [0.3, 0.4) is 0 Å². The maximum atomic E-state index is 9.30. The summed E-state index contributed by atoms with van der Waals surface area (Å²) < 4.78 is 2.21. The quantitative estimate of drug-likeness (QED) is 0.735. The zero-order chi connectivity index (χ0) is 9.26. The molecule has 2 heteroatoms. The van der Waals surface area contributed by atoms with E-state index in [1.807, 2.05) is 6.92 Å². The number of aromatic nitrogens is 1. The molecular formula is C11H17NO. The first kappa shape index (κ1) is 8.82. The number of aliphatic hydroxyl groups is 1. The van der Waals surface area contributed by atoms with Crippen molar-refractivity contribution in [2.45, 2.75) is 45.3 Å². The molecule has 0 saturated carbocycles. The van der Waals surface area contributed by atoms with Crippen molar-refractivity contribution in [3.8, 4) is 0 Å². The molecule has 0 bridgehead atoms. The molecule has 1 unspecified atom stereocenters. The second kappa shape index (κ2) is 3.54. The standard InChI is InChI=1S/C11H17NO/c1-9(13)8-12-7-6-10-4-2-3-5-11(10)12/h6-7,9,13H,2-5,8H2,1H3. The van der Waals surface area contributed by atoms with E-state index < -0.39 is 0 Å². The van der Waals surface area contributed by atoms with E-state index in [2.05, 4.69) is 16.8 Å². The lowest BCUT2D eigenvalue weighted by Gasteiger charge is -2.16. The number of nitrogens with zero attached hydrogens (tertiary/aromatic N) is 1. The SMILES string of the molecule is CC(O)Cn1ccc2c1CCCC2. The van der Waals surface area contributed by atoms with Crippen LogP contribution in [-0.2, 0) is 19.4 Å². The molecule has 2 nitrogen and oxygen atoms in total. The predicted octanol–water partition coefficient (Wildman–Crippen LogP) is 1.75. The lowest BCUT2D eigenvalue weighted by molar-refractivity contribution is 0.172. The minimum absolute atomic E-state index is 0.238. The number of hydrogen-bond donors (Lipinski definition) is 1. The van der Waals surface area contributed by atoms with E-state index in [1.54, 1.807) is 0 Å². The van der Waals surface area contributed by atoms with Crippen LogP contribution in [0.15, 0.2) is 12.3 Å². The fourth-order valence-corrected chi connectivity index (χ4v) is 2.15. The van der Waals surface area contributed by atoms with E-state index in [1.165, 1.54) is 36.9 Å². The van der Waals surface area contributed by atoms with Crippen LogP contribution in [0.1, 0.15) is 31.0 Å². The maximum absolute atomic E-state index is 9.30. The Morgan fingerprint density at radius 3 is 3.00 bits per heavy atom. The summed E-state index contributed by atoms with van der Waals surface area (Å²) in [4.78, 5) is 0. The molecule has 1 atom stereocenters. The van der Waals surface area contributed by atoms with Gasteiger partial charge in [-0.3, -0.25) is 0 Å². The third-order valence-electron chi connectivity index (χ3n) is 2.74. The number of fused-ring (bicyclic) bond motifs is 1. The van der Waals surface area contributed by atoms with Gasteiger partial charge in [0.15, 0.2) is 0 Å². The van der Waals surface area contributed by atoms with Gasteiger partial charge in [-0.1, -0.05) is 0 Å². The third-order valence-corrected chi connectivity index (χ3v) is 2.74. The van der Waals surface area contributed by atoms with Gasteiger partial charge in [0, 0.05) is 18.4 Å². The molecule has 0 fully saturated rings. The largest absolute Gasteiger partial charge is 0.392 e. The van der Waals surface area contributed by atoms with Crippen molar-refractivity contribution in [1.82, 2.24) is 4.57 Å². The molecule has 0 radical (unpaired) electrons. The zero-order valence-corrected chi connectivity index (χ0v) is 8.16. The van der Waals surface area contributed by atoms with Gasteiger partial charge in [0.25, 0.3) is 0 Å². The summed E-state index contributed by atoms with van der Waals surface area (Å²) in [6, 6.07) is 2.21. The van der Waals surface area contributed by atoms with Gasteiger partial charge in [-0.2, -0.15) is 0 Å². The van der Waals surface area contributed by atoms with Crippen LogP contribution < -0.4 is 0 Å². The Labute approximate surface area is 79.2 Å². The fraction of sp³-hybridized carbons (Fsp3) is 0.636. The van der Waals surface area contributed by atoms with Crippen molar-refractivity contribution in [1.29, 1.82) is 0 Å². The monoisotopic (exact) mass is 179 g/mol. The minimum atomic E-state index is -0.238. The summed E-state index contributed by atoms with van der Waals surface area (Å²) in [5, 5.41) is 9.30. The number of rotatable bonds is 2. The Morgan fingerprint density at radius 2 is 2.23 bits per heavy atom. The van der Waals surface area contributed by atoms with E-state index in [4.69, 9.17) is 0 Å². The molecule has 0 aliphatic heterocycles. The molecule has 1 N–H and O–H groups in total. The average molecular weight is 179 g/mol. The summed E-state index contributed by atoms with van der Waals surface area (Å²) in [6.07, 6.45) is 6.92. The Morgan fingerprint density at radius 1 is 1.46 bits per heavy atom. The van der Waals surface area contributed by atoms with Gasteiger partial charge in [-0.25, -0.2) is 0 Å². The van der Waals surface area contributed by atoms with Crippen molar-refractivity contribution in [2.24, 2.45) is 0 Å². The van der Waals surface area contributed by atoms with Crippen LogP contribution in [0, 0.1) is 0 Å². The molecule has 13 heavy (non-hydrogen) atoms. The van der Waals surface area contributed by atoms with Gasteiger partial charge in [0.1, 0.15) is 0 Å².